The molecule has 0 unspecified atom stereocenters. The van der Waals surface area contributed by atoms with Crippen molar-refractivity contribution in [2.24, 2.45) is 7.05 Å². The van der Waals surface area contributed by atoms with Gasteiger partial charge in [-0.2, -0.15) is 0 Å². The molecule has 0 aliphatic heterocycles. The number of rotatable bonds is 4. The Bertz CT molecular complexity index is 960. The minimum absolute atomic E-state index is 0.104. The zero-order chi connectivity index (χ0) is 18.1. The van der Waals surface area contributed by atoms with Crippen molar-refractivity contribution in [3.05, 3.63) is 46.6 Å². The van der Waals surface area contributed by atoms with E-state index in [9.17, 15) is 4.79 Å². The van der Waals surface area contributed by atoms with Crippen LogP contribution < -0.4 is 10.1 Å². The van der Waals surface area contributed by atoms with Gasteiger partial charge in [-0.25, -0.2) is 9.67 Å². The number of fused-ring (bicyclic) bond motifs is 1. The number of hydrogen-bond acceptors (Lipinski definition) is 4. The molecule has 0 fully saturated rings. The number of amides is 1. The van der Waals surface area contributed by atoms with Crippen molar-refractivity contribution in [2.75, 3.05) is 11.9 Å². The Morgan fingerprint density at radius 2 is 1.92 bits per heavy atom. The molecule has 3 aromatic rings. The zero-order valence-corrected chi connectivity index (χ0v) is 15.2. The zero-order valence-electron chi connectivity index (χ0n) is 15.2. The molecule has 0 atom stereocenters. The van der Waals surface area contributed by atoms with Crippen LogP contribution in [0.2, 0.25) is 0 Å². The van der Waals surface area contributed by atoms with Crippen molar-refractivity contribution in [1.29, 1.82) is 0 Å². The lowest BCUT2D eigenvalue weighted by atomic mass is 10.1. The van der Waals surface area contributed by atoms with Gasteiger partial charge in [0.2, 0.25) is 5.88 Å². The molecule has 0 aliphatic rings. The second-order valence-corrected chi connectivity index (χ2v) is 6.36. The monoisotopic (exact) mass is 338 g/mol. The standard InChI is InChI=1S/C19H22N4O2/c1-11-6-7-12(2)15(8-11)21-16(24)10-25-19-17-13(3)9-14(4)20-18(17)23(5)22-19/h6-9H,10H2,1-5H3,(H,21,24). The lowest BCUT2D eigenvalue weighted by molar-refractivity contribution is -0.118. The van der Waals surface area contributed by atoms with E-state index in [1.54, 1.807) is 4.68 Å². The van der Waals surface area contributed by atoms with E-state index in [-0.39, 0.29) is 12.5 Å². The van der Waals surface area contributed by atoms with Gasteiger partial charge in [-0.3, -0.25) is 4.79 Å². The predicted octanol–water partition coefficient (Wildman–Crippen LogP) is 3.22. The van der Waals surface area contributed by atoms with Gasteiger partial charge in [0.05, 0.1) is 5.39 Å². The van der Waals surface area contributed by atoms with Crippen LogP contribution in [0.4, 0.5) is 5.69 Å². The summed E-state index contributed by atoms with van der Waals surface area (Å²) in [5.41, 5.74) is 5.61. The highest BCUT2D eigenvalue weighted by molar-refractivity contribution is 5.93. The summed E-state index contributed by atoms with van der Waals surface area (Å²) in [6.07, 6.45) is 0. The van der Waals surface area contributed by atoms with Gasteiger partial charge in [0.25, 0.3) is 5.91 Å². The lowest BCUT2D eigenvalue weighted by Gasteiger charge is -2.10. The minimum Gasteiger partial charge on any atom is -0.466 e. The largest absolute Gasteiger partial charge is 0.466 e. The van der Waals surface area contributed by atoms with Gasteiger partial charge in [-0.05, 0) is 56.5 Å². The maximum atomic E-state index is 12.2. The van der Waals surface area contributed by atoms with Crippen LogP contribution >= 0.6 is 0 Å². The quantitative estimate of drug-likeness (QED) is 0.793. The molecule has 6 heteroatoms. The first kappa shape index (κ1) is 17.0. The van der Waals surface area contributed by atoms with Gasteiger partial charge in [0.15, 0.2) is 12.3 Å². The third-order valence-electron chi connectivity index (χ3n) is 4.09. The molecule has 1 N–H and O–H groups in total. The number of pyridine rings is 1. The summed E-state index contributed by atoms with van der Waals surface area (Å²) in [6, 6.07) is 7.92. The van der Waals surface area contributed by atoms with E-state index in [0.717, 1.165) is 39.1 Å². The van der Waals surface area contributed by atoms with E-state index in [4.69, 9.17) is 4.74 Å². The number of aryl methyl sites for hydroxylation is 5. The fourth-order valence-electron chi connectivity index (χ4n) is 2.84. The number of nitrogens with zero attached hydrogens (tertiary/aromatic N) is 3. The predicted molar refractivity (Wildman–Crippen MR) is 98.0 cm³/mol. The molecule has 130 valence electrons. The topological polar surface area (TPSA) is 69.0 Å². The highest BCUT2D eigenvalue weighted by Crippen LogP contribution is 2.27. The van der Waals surface area contributed by atoms with E-state index < -0.39 is 0 Å². The average molecular weight is 338 g/mol. The van der Waals surface area contributed by atoms with Crippen LogP contribution in [0.25, 0.3) is 11.0 Å². The first-order valence-electron chi connectivity index (χ1n) is 8.16. The normalized spacial score (nSPS) is 10.9. The van der Waals surface area contributed by atoms with Gasteiger partial charge in [0, 0.05) is 18.4 Å². The summed E-state index contributed by atoms with van der Waals surface area (Å²) >= 11 is 0. The summed E-state index contributed by atoms with van der Waals surface area (Å²) in [4.78, 5) is 16.7. The molecular weight excluding hydrogens is 316 g/mol. The van der Waals surface area contributed by atoms with Crippen LogP contribution in [-0.2, 0) is 11.8 Å². The highest BCUT2D eigenvalue weighted by Gasteiger charge is 2.16. The number of aromatic nitrogens is 3. The van der Waals surface area contributed by atoms with Crippen LogP contribution in [0.3, 0.4) is 0 Å². The Balaban J connectivity index is 1.77. The molecule has 1 aromatic carbocycles. The first-order chi connectivity index (χ1) is 11.8. The van der Waals surface area contributed by atoms with E-state index >= 15 is 0 Å². The first-order valence-corrected chi connectivity index (χ1v) is 8.16. The summed E-state index contributed by atoms with van der Waals surface area (Å²) in [6.45, 7) is 7.77. The second-order valence-electron chi connectivity index (χ2n) is 6.36. The molecule has 0 saturated heterocycles. The van der Waals surface area contributed by atoms with Crippen molar-refractivity contribution in [3.8, 4) is 5.88 Å². The number of carbonyl (C=O) groups excluding carboxylic acids is 1. The second kappa shape index (κ2) is 6.55. The van der Waals surface area contributed by atoms with Gasteiger partial charge >= 0.3 is 0 Å². The van der Waals surface area contributed by atoms with Crippen LogP contribution in [0, 0.1) is 27.7 Å². The minimum atomic E-state index is -0.217. The molecule has 0 aliphatic carbocycles. The van der Waals surface area contributed by atoms with Gasteiger partial charge in [-0.15, -0.1) is 5.10 Å². The fraction of sp³-hybridized carbons (Fsp3) is 0.316. The number of carbonyl (C=O) groups is 1. The molecule has 1 amide bonds. The molecule has 0 bridgehead atoms. The Morgan fingerprint density at radius 1 is 1.16 bits per heavy atom. The van der Waals surface area contributed by atoms with Gasteiger partial charge in [-0.1, -0.05) is 12.1 Å². The van der Waals surface area contributed by atoms with Crippen LogP contribution in [0.5, 0.6) is 5.88 Å². The Labute approximate surface area is 146 Å². The molecule has 2 aromatic heterocycles. The number of benzene rings is 1. The molecule has 6 nitrogen and oxygen atoms in total. The molecule has 0 radical (unpaired) electrons. The lowest BCUT2D eigenvalue weighted by Crippen LogP contribution is -2.21. The van der Waals surface area contributed by atoms with Crippen molar-refractivity contribution in [1.82, 2.24) is 14.8 Å². The Hall–Kier alpha value is -2.89. The van der Waals surface area contributed by atoms with Crippen molar-refractivity contribution in [3.63, 3.8) is 0 Å². The molecule has 2 heterocycles. The van der Waals surface area contributed by atoms with Gasteiger partial charge in [0.1, 0.15) is 0 Å². The number of hydrogen-bond donors (Lipinski definition) is 1. The van der Waals surface area contributed by atoms with Crippen molar-refractivity contribution < 1.29 is 9.53 Å². The summed E-state index contributed by atoms with van der Waals surface area (Å²) in [5, 5.41) is 8.08. The van der Waals surface area contributed by atoms with E-state index in [2.05, 4.69) is 15.4 Å². The number of anilines is 1. The van der Waals surface area contributed by atoms with Crippen molar-refractivity contribution >= 4 is 22.6 Å². The van der Waals surface area contributed by atoms with E-state index in [1.165, 1.54) is 0 Å². The SMILES string of the molecule is Cc1ccc(C)c(NC(=O)COc2nn(C)c3nc(C)cc(C)c23)c1. The van der Waals surface area contributed by atoms with Crippen LogP contribution in [0.15, 0.2) is 24.3 Å². The van der Waals surface area contributed by atoms with Crippen molar-refractivity contribution in [2.45, 2.75) is 27.7 Å². The fourth-order valence-corrected chi connectivity index (χ4v) is 2.84. The third kappa shape index (κ3) is 3.47. The molecular formula is C19H22N4O2. The Kier molecular flexibility index (Phi) is 4.44. The molecule has 0 saturated carbocycles. The maximum absolute atomic E-state index is 12.2. The summed E-state index contributed by atoms with van der Waals surface area (Å²) < 4.78 is 7.35. The highest BCUT2D eigenvalue weighted by atomic mass is 16.5. The van der Waals surface area contributed by atoms with Gasteiger partial charge < -0.3 is 10.1 Å². The third-order valence-corrected chi connectivity index (χ3v) is 4.09. The molecule has 25 heavy (non-hydrogen) atoms. The maximum Gasteiger partial charge on any atom is 0.262 e. The molecule has 3 rings (SSSR count). The number of nitrogens with one attached hydrogen (secondary N) is 1. The smallest absolute Gasteiger partial charge is 0.262 e. The molecule has 0 spiro atoms. The Morgan fingerprint density at radius 3 is 2.68 bits per heavy atom. The average Bonchev–Trinajstić information content (AvgIpc) is 2.85. The van der Waals surface area contributed by atoms with E-state index in [1.807, 2.05) is 59.0 Å². The number of ether oxygens (including phenoxy) is 1. The summed E-state index contributed by atoms with van der Waals surface area (Å²) in [7, 11) is 1.82. The summed E-state index contributed by atoms with van der Waals surface area (Å²) in [5.74, 6) is 0.212. The van der Waals surface area contributed by atoms with Crippen LogP contribution in [0.1, 0.15) is 22.4 Å². The van der Waals surface area contributed by atoms with Crippen LogP contribution in [-0.4, -0.2) is 27.3 Å². The van der Waals surface area contributed by atoms with E-state index in [0.29, 0.717) is 5.88 Å².